The highest BCUT2D eigenvalue weighted by Crippen LogP contribution is 2.40. The number of urea groups is 1. The van der Waals surface area contributed by atoms with E-state index in [1.807, 2.05) is 23.1 Å². The maximum Gasteiger partial charge on any atom is 0.325 e. The Bertz CT molecular complexity index is 865. The molecule has 4 fully saturated rings. The van der Waals surface area contributed by atoms with E-state index in [1.54, 1.807) is 0 Å². The number of rotatable bonds is 4. The zero-order valence-corrected chi connectivity index (χ0v) is 18.3. The molecule has 0 radical (unpaired) electrons. The van der Waals surface area contributed by atoms with E-state index in [2.05, 4.69) is 29.3 Å². The minimum atomic E-state index is -0.776. The summed E-state index contributed by atoms with van der Waals surface area (Å²) in [4.78, 5) is 44.7. The average molecular weight is 425 g/mol. The Kier molecular flexibility index (Phi) is 5.24. The van der Waals surface area contributed by atoms with Gasteiger partial charge in [-0.3, -0.25) is 19.4 Å². The first kappa shape index (κ1) is 20.5. The molecular weight excluding hydrogens is 392 g/mol. The van der Waals surface area contributed by atoms with Crippen LogP contribution in [-0.2, 0) is 16.1 Å². The van der Waals surface area contributed by atoms with Crippen LogP contribution in [0.25, 0.3) is 0 Å². The van der Waals surface area contributed by atoms with Crippen molar-refractivity contribution in [1.29, 1.82) is 0 Å². The first-order chi connectivity index (χ1) is 15.0. The molecule has 7 nitrogen and oxygen atoms in total. The van der Waals surface area contributed by atoms with Gasteiger partial charge in [0.25, 0.3) is 5.91 Å². The van der Waals surface area contributed by atoms with Crippen molar-refractivity contribution in [2.45, 2.75) is 57.2 Å². The van der Waals surface area contributed by atoms with Crippen LogP contribution in [0.15, 0.2) is 30.3 Å². The summed E-state index contributed by atoms with van der Waals surface area (Å²) < 4.78 is 0. The van der Waals surface area contributed by atoms with Crippen molar-refractivity contribution in [3.63, 3.8) is 0 Å². The minimum Gasteiger partial charge on any atom is -0.340 e. The van der Waals surface area contributed by atoms with E-state index in [9.17, 15) is 14.4 Å². The van der Waals surface area contributed by atoms with Gasteiger partial charge >= 0.3 is 6.03 Å². The lowest BCUT2D eigenvalue weighted by molar-refractivity contribution is -0.140. The molecule has 3 atom stereocenters. The van der Waals surface area contributed by atoms with Crippen LogP contribution in [0.2, 0.25) is 0 Å². The van der Waals surface area contributed by atoms with E-state index in [0.29, 0.717) is 25.3 Å². The molecule has 7 heteroatoms. The Hall–Kier alpha value is -2.41. The Morgan fingerprint density at radius 1 is 1.13 bits per heavy atom. The molecule has 0 aromatic heterocycles. The molecule has 31 heavy (non-hydrogen) atoms. The Morgan fingerprint density at radius 2 is 1.84 bits per heavy atom. The Balaban J connectivity index is 1.22. The van der Waals surface area contributed by atoms with Gasteiger partial charge in [0, 0.05) is 38.6 Å². The molecule has 3 saturated heterocycles. The van der Waals surface area contributed by atoms with Gasteiger partial charge in [-0.1, -0.05) is 37.3 Å². The molecule has 5 rings (SSSR count). The lowest BCUT2D eigenvalue weighted by Gasteiger charge is -2.39. The summed E-state index contributed by atoms with van der Waals surface area (Å²) in [7, 11) is 0. The SMILES string of the molecule is C[C@@H]1C[C@@H]1C(=O)N1CCC[C@H](N2C(=O)NC3(CCN(Cc4ccccc4)CC3)C2=O)C1. The number of nitrogens with zero attached hydrogens (tertiary/aromatic N) is 3. The molecule has 4 aliphatic rings. The summed E-state index contributed by atoms with van der Waals surface area (Å²) in [5.74, 6) is 0.722. The van der Waals surface area contributed by atoms with Crippen LogP contribution in [0, 0.1) is 11.8 Å². The highest BCUT2D eigenvalue weighted by molar-refractivity contribution is 6.07. The summed E-state index contributed by atoms with van der Waals surface area (Å²) in [5, 5.41) is 3.04. The number of benzene rings is 1. The molecule has 0 bridgehead atoms. The van der Waals surface area contributed by atoms with Gasteiger partial charge in [0.1, 0.15) is 5.54 Å². The molecule has 1 saturated carbocycles. The molecule has 0 unspecified atom stereocenters. The number of amides is 4. The van der Waals surface area contributed by atoms with Crippen molar-refractivity contribution in [3.05, 3.63) is 35.9 Å². The molecule has 3 aliphatic heterocycles. The fourth-order valence-corrected chi connectivity index (χ4v) is 5.51. The number of hydrogen-bond donors (Lipinski definition) is 1. The van der Waals surface area contributed by atoms with Crippen molar-refractivity contribution in [3.8, 4) is 0 Å². The molecule has 4 amide bonds. The number of imide groups is 1. The largest absolute Gasteiger partial charge is 0.340 e. The van der Waals surface area contributed by atoms with Gasteiger partial charge in [-0.2, -0.15) is 0 Å². The number of hydrogen-bond acceptors (Lipinski definition) is 4. The Morgan fingerprint density at radius 3 is 2.52 bits per heavy atom. The fourth-order valence-electron chi connectivity index (χ4n) is 5.51. The molecular formula is C24H32N4O3. The summed E-state index contributed by atoms with van der Waals surface area (Å²) in [6.45, 7) is 5.75. The monoisotopic (exact) mass is 424 g/mol. The van der Waals surface area contributed by atoms with Crippen molar-refractivity contribution in [1.82, 2.24) is 20.0 Å². The average Bonchev–Trinajstić information content (AvgIpc) is 3.46. The van der Waals surface area contributed by atoms with Crippen LogP contribution in [0.5, 0.6) is 0 Å². The van der Waals surface area contributed by atoms with Crippen LogP contribution >= 0.6 is 0 Å². The lowest BCUT2D eigenvalue weighted by atomic mass is 9.87. The zero-order chi connectivity index (χ0) is 21.6. The van der Waals surface area contributed by atoms with Crippen molar-refractivity contribution in [2.24, 2.45) is 11.8 Å². The van der Waals surface area contributed by atoms with Gasteiger partial charge in [-0.25, -0.2) is 4.79 Å². The molecule has 166 valence electrons. The van der Waals surface area contributed by atoms with Crippen molar-refractivity contribution in [2.75, 3.05) is 26.2 Å². The molecule has 1 aromatic carbocycles. The van der Waals surface area contributed by atoms with Crippen LogP contribution < -0.4 is 5.32 Å². The van der Waals surface area contributed by atoms with E-state index in [-0.39, 0.29) is 29.8 Å². The summed E-state index contributed by atoms with van der Waals surface area (Å²) in [5.41, 5.74) is 0.487. The first-order valence-corrected chi connectivity index (χ1v) is 11.7. The fraction of sp³-hybridized carbons (Fsp3) is 0.625. The summed E-state index contributed by atoms with van der Waals surface area (Å²) in [6.07, 6.45) is 3.85. The van der Waals surface area contributed by atoms with E-state index in [1.165, 1.54) is 10.5 Å². The van der Waals surface area contributed by atoms with Gasteiger partial charge in [-0.05, 0) is 43.6 Å². The lowest BCUT2D eigenvalue weighted by Crippen LogP contribution is -2.56. The number of nitrogens with one attached hydrogen (secondary N) is 1. The summed E-state index contributed by atoms with van der Waals surface area (Å²) >= 11 is 0. The number of carbonyl (C=O) groups excluding carboxylic acids is 3. The van der Waals surface area contributed by atoms with Crippen LogP contribution in [0.4, 0.5) is 4.79 Å². The van der Waals surface area contributed by atoms with Crippen molar-refractivity contribution >= 4 is 17.8 Å². The topological polar surface area (TPSA) is 73.0 Å². The molecule has 1 spiro atoms. The van der Waals surface area contributed by atoms with Gasteiger partial charge in [0.15, 0.2) is 0 Å². The predicted molar refractivity (Wildman–Crippen MR) is 116 cm³/mol. The van der Waals surface area contributed by atoms with E-state index in [4.69, 9.17) is 0 Å². The van der Waals surface area contributed by atoms with Gasteiger partial charge in [-0.15, -0.1) is 0 Å². The van der Waals surface area contributed by atoms with Crippen LogP contribution in [-0.4, -0.2) is 70.3 Å². The summed E-state index contributed by atoms with van der Waals surface area (Å²) in [6, 6.07) is 9.85. The van der Waals surface area contributed by atoms with Gasteiger partial charge in [0.2, 0.25) is 5.91 Å². The molecule has 1 N–H and O–H groups in total. The zero-order valence-electron chi connectivity index (χ0n) is 18.3. The highest BCUT2D eigenvalue weighted by atomic mass is 16.2. The first-order valence-electron chi connectivity index (χ1n) is 11.7. The standard InChI is InChI=1S/C24H32N4O3/c1-17-14-20(17)21(29)27-11-5-8-19(16-27)28-22(30)24(25-23(28)31)9-12-26(13-10-24)15-18-6-3-2-4-7-18/h2-4,6-7,17,19-20H,5,8-16H2,1H3,(H,25,31)/t17-,19+,20+/m1/s1. The second-order valence-electron chi connectivity index (χ2n) is 9.85. The van der Waals surface area contributed by atoms with Crippen LogP contribution in [0.3, 0.4) is 0 Å². The number of carbonyl (C=O) groups is 3. The third-order valence-corrected chi connectivity index (χ3v) is 7.65. The number of likely N-dealkylation sites (tertiary alicyclic amines) is 2. The third kappa shape index (κ3) is 3.84. The second-order valence-corrected chi connectivity index (χ2v) is 9.85. The molecule has 3 heterocycles. The second kappa shape index (κ2) is 7.93. The quantitative estimate of drug-likeness (QED) is 0.753. The number of piperidine rings is 2. The van der Waals surface area contributed by atoms with Gasteiger partial charge < -0.3 is 10.2 Å². The molecule has 1 aromatic rings. The van der Waals surface area contributed by atoms with Crippen molar-refractivity contribution < 1.29 is 14.4 Å². The maximum atomic E-state index is 13.5. The normalized spacial score (nSPS) is 30.5. The van der Waals surface area contributed by atoms with Gasteiger partial charge in [0.05, 0.1) is 6.04 Å². The minimum absolute atomic E-state index is 0.0871. The van der Waals surface area contributed by atoms with Crippen LogP contribution in [0.1, 0.15) is 44.6 Å². The Labute approximate surface area is 183 Å². The molecule has 1 aliphatic carbocycles. The van der Waals surface area contributed by atoms with E-state index >= 15 is 0 Å². The van der Waals surface area contributed by atoms with E-state index in [0.717, 1.165) is 45.4 Å². The third-order valence-electron chi connectivity index (χ3n) is 7.65. The van der Waals surface area contributed by atoms with E-state index < -0.39 is 5.54 Å². The smallest absolute Gasteiger partial charge is 0.325 e. The highest BCUT2D eigenvalue weighted by Gasteiger charge is 2.55. The maximum absolute atomic E-state index is 13.5. The predicted octanol–water partition coefficient (Wildman–Crippen LogP) is 2.22.